The molecule has 0 aliphatic carbocycles. The summed E-state index contributed by atoms with van der Waals surface area (Å²) in [4.78, 5) is 15.5. The van der Waals surface area contributed by atoms with Gasteiger partial charge in [-0.2, -0.15) is 0 Å². The second kappa shape index (κ2) is 6.19. The summed E-state index contributed by atoms with van der Waals surface area (Å²) in [5, 5.41) is 0. The molecule has 0 spiro atoms. The van der Waals surface area contributed by atoms with Crippen LogP contribution in [-0.2, 0) is 17.6 Å². The van der Waals surface area contributed by atoms with Gasteiger partial charge in [0.1, 0.15) is 6.54 Å². The lowest BCUT2D eigenvalue weighted by Crippen LogP contribution is -2.12. The number of nitrogens with zero attached hydrogens (tertiary/aromatic N) is 1. The minimum absolute atomic E-state index is 0. The second-order valence-corrected chi connectivity index (χ2v) is 3.95. The van der Waals surface area contributed by atoms with Gasteiger partial charge in [0.25, 0.3) is 0 Å². The van der Waals surface area contributed by atoms with E-state index in [1.54, 1.807) is 6.21 Å². The molecule has 0 amide bonds. The van der Waals surface area contributed by atoms with E-state index in [9.17, 15) is 4.79 Å². The van der Waals surface area contributed by atoms with Crippen LogP contribution >= 0.6 is 0 Å². The Kier molecular flexibility index (Phi) is 4.89. The van der Waals surface area contributed by atoms with E-state index < -0.39 is 0 Å². The van der Waals surface area contributed by atoms with E-state index in [0.717, 1.165) is 18.4 Å². The quantitative estimate of drug-likeness (QED) is 0.713. The van der Waals surface area contributed by atoms with Crippen molar-refractivity contribution in [2.24, 2.45) is 4.99 Å². The Morgan fingerprint density at radius 1 is 1.18 bits per heavy atom. The van der Waals surface area contributed by atoms with Crippen molar-refractivity contribution < 1.29 is 4.79 Å². The fourth-order valence-electron chi connectivity index (χ4n) is 1.74. The molecule has 2 rings (SSSR count). The van der Waals surface area contributed by atoms with Crippen LogP contribution in [-0.4, -0.2) is 27.0 Å². The lowest BCUT2D eigenvalue weighted by Gasteiger charge is -2.08. The Hall–Kier alpha value is -1.64. The molecule has 0 unspecified atom stereocenters. The highest BCUT2D eigenvalue weighted by molar-refractivity contribution is 6.03. The van der Waals surface area contributed by atoms with Crippen molar-refractivity contribution in [3.8, 4) is 0 Å². The van der Waals surface area contributed by atoms with Gasteiger partial charge < -0.3 is 0 Å². The van der Waals surface area contributed by atoms with Crippen molar-refractivity contribution in [3.05, 3.63) is 47.0 Å². The summed E-state index contributed by atoms with van der Waals surface area (Å²) in [5.74, 6) is 0.141. The molecule has 3 heteroatoms. The number of hydrogen-bond donors (Lipinski definition) is 0. The lowest BCUT2D eigenvalue weighted by atomic mass is 9.99. The third-order valence-corrected chi connectivity index (χ3v) is 2.80. The van der Waals surface area contributed by atoms with Crippen molar-refractivity contribution >= 4 is 20.4 Å². The average Bonchev–Trinajstić information content (AvgIpc) is 2.33. The fraction of sp³-hybridized carbons (Fsp3) is 0.286. The van der Waals surface area contributed by atoms with Gasteiger partial charge in [-0.25, -0.2) is 0 Å². The van der Waals surface area contributed by atoms with Crippen molar-refractivity contribution in [1.29, 1.82) is 0 Å². The lowest BCUT2D eigenvalue weighted by molar-refractivity contribution is -0.114. The Bertz CT molecular complexity index is 446. The molecule has 1 aliphatic heterocycles. The standard InChI is InChI=1S/C14H15NO.BH3/c1-2-11-3-5-12(6-4-11)9-13-7-8-15-10-14(13)16;/h3-8H,2,9-10H2,1H3;1H3. The van der Waals surface area contributed by atoms with Crippen LogP contribution in [0.4, 0.5) is 0 Å². The maximum Gasteiger partial charge on any atom is 0.180 e. The van der Waals surface area contributed by atoms with Crippen LogP contribution in [0.3, 0.4) is 0 Å². The van der Waals surface area contributed by atoms with Crippen molar-refractivity contribution in [2.45, 2.75) is 19.8 Å². The van der Waals surface area contributed by atoms with E-state index >= 15 is 0 Å². The number of rotatable bonds is 3. The Morgan fingerprint density at radius 2 is 1.82 bits per heavy atom. The van der Waals surface area contributed by atoms with Crippen molar-refractivity contribution in [3.63, 3.8) is 0 Å². The minimum Gasteiger partial charge on any atom is -0.292 e. The van der Waals surface area contributed by atoms with Crippen LogP contribution in [0.2, 0.25) is 0 Å². The molecule has 1 aromatic rings. The van der Waals surface area contributed by atoms with Gasteiger partial charge >= 0.3 is 0 Å². The summed E-state index contributed by atoms with van der Waals surface area (Å²) in [5.41, 5.74) is 3.38. The zero-order chi connectivity index (χ0) is 11.4. The van der Waals surface area contributed by atoms with Gasteiger partial charge in [-0.1, -0.05) is 31.2 Å². The summed E-state index contributed by atoms with van der Waals surface area (Å²) < 4.78 is 0. The molecule has 0 saturated carbocycles. The van der Waals surface area contributed by atoms with Crippen LogP contribution in [0.25, 0.3) is 0 Å². The van der Waals surface area contributed by atoms with Gasteiger partial charge in [-0.05, 0) is 23.6 Å². The number of carbonyl (C=O) groups is 1. The molecule has 0 bridgehead atoms. The largest absolute Gasteiger partial charge is 0.292 e. The van der Waals surface area contributed by atoms with Gasteiger partial charge in [0, 0.05) is 18.2 Å². The predicted octanol–water partition coefficient (Wildman–Crippen LogP) is 1.19. The number of aliphatic imine (C=N–C) groups is 1. The van der Waals surface area contributed by atoms with Gasteiger partial charge in [0.15, 0.2) is 5.78 Å². The van der Waals surface area contributed by atoms with E-state index in [2.05, 4.69) is 36.2 Å². The first-order valence-electron chi connectivity index (χ1n) is 5.59. The van der Waals surface area contributed by atoms with Gasteiger partial charge in [-0.3, -0.25) is 9.79 Å². The molecule has 1 heterocycles. The van der Waals surface area contributed by atoms with Crippen LogP contribution < -0.4 is 0 Å². The SMILES string of the molecule is B.CCc1ccc(CC2=CC=NCC2=O)cc1. The monoisotopic (exact) mass is 227 g/mol. The number of aryl methyl sites for hydroxylation is 1. The summed E-state index contributed by atoms with van der Waals surface area (Å²) in [6, 6.07) is 8.44. The Balaban J connectivity index is 0.00000144. The minimum atomic E-state index is 0. The van der Waals surface area contributed by atoms with Gasteiger partial charge in [0.2, 0.25) is 0 Å². The number of benzene rings is 1. The molecule has 17 heavy (non-hydrogen) atoms. The first-order valence-corrected chi connectivity index (χ1v) is 5.59. The molecule has 0 atom stereocenters. The highest BCUT2D eigenvalue weighted by Crippen LogP contribution is 2.12. The number of allylic oxidation sites excluding steroid dienone is 1. The molecular formula is C14H18BNO. The topological polar surface area (TPSA) is 29.4 Å². The molecule has 0 fully saturated rings. The summed E-state index contributed by atoms with van der Waals surface area (Å²) in [6.45, 7) is 2.44. The number of Topliss-reactive ketones (excluding diaryl/α,β-unsaturated/α-hetero) is 1. The first-order chi connectivity index (χ1) is 7.79. The van der Waals surface area contributed by atoms with Crippen LogP contribution in [0, 0.1) is 0 Å². The third-order valence-electron chi connectivity index (χ3n) is 2.80. The fourth-order valence-corrected chi connectivity index (χ4v) is 1.74. The van der Waals surface area contributed by atoms with Gasteiger partial charge in [-0.15, -0.1) is 0 Å². The Morgan fingerprint density at radius 3 is 2.41 bits per heavy atom. The van der Waals surface area contributed by atoms with E-state index in [1.165, 1.54) is 11.1 Å². The summed E-state index contributed by atoms with van der Waals surface area (Å²) >= 11 is 0. The van der Waals surface area contributed by atoms with Gasteiger partial charge in [0.05, 0.1) is 8.41 Å². The highest BCUT2D eigenvalue weighted by Gasteiger charge is 2.11. The van der Waals surface area contributed by atoms with E-state index in [0.29, 0.717) is 6.54 Å². The number of ketones is 1. The van der Waals surface area contributed by atoms with Crippen LogP contribution in [0.1, 0.15) is 18.1 Å². The molecule has 2 nitrogen and oxygen atoms in total. The zero-order valence-corrected chi connectivity index (χ0v) is 9.44. The highest BCUT2D eigenvalue weighted by atomic mass is 16.1. The predicted molar refractivity (Wildman–Crippen MR) is 75.9 cm³/mol. The number of hydrogen-bond acceptors (Lipinski definition) is 2. The molecular weight excluding hydrogens is 209 g/mol. The third kappa shape index (κ3) is 3.41. The Labute approximate surface area is 104 Å². The molecule has 0 aromatic heterocycles. The summed E-state index contributed by atoms with van der Waals surface area (Å²) in [7, 11) is 0. The van der Waals surface area contributed by atoms with Crippen molar-refractivity contribution in [1.82, 2.24) is 0 Å². The molecule has 0 radical (unpaired) electrons. The normalized spacial score (nSPS) is 14.2. The van der Waals surface area contributed by atoms with Crippen LogP contribution in [0.5, 0.6) is 0 Å². The van der Waals surface area contributed by atoms with E-state index in [1.807, 2.05) is 6.08 Å². The van der Waals surface area contributed by atoms with Crippen molar-refractivity contribution in [2.75, 3.05) is 6.54 Å². The number of carbonyl (C=O) groups excluding carboxylic acids is 1. The van der Waals surface area contributed by atoms with E-state index in [4.69, 9.17) is 0 Å². The smallest absolute Gasteiger partial charge is 0.180 e. The molecule has 1 aromatic carbocycles. The van der Waals surface area contributed by atoms with Crippen LogP contribution in [0.15, 0.2) is 40.9 Å². The molecule has 88 valence electrons. The maximum atomic E-state index is 11.5. The zero-order valence-electron chi connectivity index (χ0n) is 9.44. The second-order valence-electron chi connectivity index (χ2n) is 3.95. The van der Waals surface area contributed by atoms with E-state index in [-0.39, 0.29) is 14.2 Å². The summed E-state index contributed by atoms with van der Waals surface area (Å²) in [6.07, 6.45) is 5.31. The molecule has 0 saturated heterocycles. The first kappa shape index (κ1) is 13.4. The average molecular weight is 227 g/mol. The molecule has 0 N–H and O–H groups in total. The molecule has 1 aliphatic rings. The number of dihydropyridines is 1. The maximum absolute atomic E-state index is 11.5.